The van der Waals surface area contributed by atoms with Gasteiger partial charge in [-0.05, 0) is 72.3 Å². The first-order chi connectivity index (χ1) is 15.3. The second-order valence-corrected chi connectivity index (χ2v) is 10.7. The fourth-order valence-corrected chi connectivity index (χ4v) is 5.87. The molecule has 0 atom stereocenters. The zero-order valence-corrected chi connectivity index (χ0v) is 19.5. The molecular weight excluding hydrogens is 411 g/mol. The summed E-state index contributed by atoms with van der Waals surface area (Å²) in [7, 11) is 1.81. The van der Waals surface area contributed by atoms with Crippen LogP contribution in [0.15, 0.2) is 66.7 Å². The van der Waals surface area contributed by atoms with E-state index in [-0.39, 0.29) is 0 Å². The van der Waals surface area contributed by atoms with E-state index in [1.165, 1.54) is 53.2 Å². The number of rotatable bonds is 4. The zero-order valence-electron chi connectivity index (χ0n) is 18.7. The molecule has 1 heterocycles. The van der Waals surface area contributed by atoms with E-state index in [0.717, 1.165) is 5.46 Å². The fourth-order valence-electron chi connectivity index (χ4n) is 4.59. The maximum absolute atomic E-state index is 10.5. The van der Waals surface area contributed by atoms with Gasteiger partial charge in [-0.3, -0.25) is 0 Å². The van der Waals surface area contributed by atoms with E-state index in [0.29, 0.717) is 0 Å². The van der Waals surface area contributed by atoms with E-state index in [1.807, 2.05) is 32.7 Å². The van der Waals surface area contributed by atoms with E-state index in [2.05, 4.69) is 66.7 Å². The molecule has 1 aliphatic carbocycles. The van der Waals surface area contributed by atoms with Crippen molar-refractivity contribution in [2.24, 2.45) is 0 Å². The third-order valence-corrected chi connectivity index (χ3v) is 8.42. The molecule has 1 aromatic heterocycles. The van der Waals surface area contributed by atoms with Gasteiger partial charge in [-0.1, -0.05) is 60.7 Å². The molecule has 6 rings (SSSR count). The van der Waals surface area contributed by atoms with Gasteiger partial charge < -0.3 is 9.76 Å². The molecule has 4 aromatic carbocycles. The number of aliphatic hydroxyl groups is 1. The number of thiophene rings is 1. The number of hydrogen-bond donors (Lipinski definition) is 1. The molecule has 0 saturated carbocycles. The average Bonchev–Trinajstić information content (AvgIpc) is 3.30. The predicted molar refractivity (Wildman–Crippen MR) is 138 cm³/mol. The molecule has 2 nitrogen and oxygen atoms in total. The SMILES string of the molecule is CC(C)(O)C(C)(C)O[B]c1cccc2c1sc1c3cccc4c3c(cc21)-c1ccccc1-4. The lowest BCUT2D eigenvalue weighted by molar-refractivity contribution is -0.0893. The standard InChI is InChI=1S/C28H24BO2S/c1-27(2,30)28(3,4)31-29-23-14-8-12-19-22-15-21-17-10-6-5-9-16(17)18-11-7-13-20(24(18)21)25(22)32-26(19)23/h5-15,30H,1-4H3. The number of fused-ring (bicyclic) bond motifs is 7. The van der Waals surface area contributed by atoms with Crippen molar-refractivity contribution in [1.82, 2.24) is 0 Å². The Morgan fingerprint density at radius 1 is 0.719 bits per heavy atom. The van der Waals surface area contributed by atoms with Gasteiger partial charge in [0, 0.05) is 20.2 Å². The average molecular weight is 435 g/mol. The third-order valence-electron chi connectivity index (χ3n) is 7.11. The van der Waals surface area contributed by atoms with Crippen molar-refractivity contribution in [1.29, 1.82) is 0 Å². The maximum atomic E-state index is 10.5. The Morgan fingerprint density at radius 2 is 1.38 bits per heavy atom. The fraction of sp³-hybridized carbons (Fsp3) is 0.214. The van der Waals surface area contributed by atoms with Gasteiger partial charge in [0.1, 0.15) is 0 Å². The Kier molecular flexibility index (Phi) is 4.17. The summed E-state index contributed by atoms with van der Waals surface area (Å²) < 4.78 is 8.63. The van der Waals surface area contributed by atoms with Gasteiger partial charge in [-0.15, -0.1) is 11.3 Å². The molecule has 5 aromatic rings. The topological polar surface area (TPSA) is 29.5 Å². The van der Waals surface area contributed by atoms with Crippen LogP contribution in [0, 0.1) is 0 Å². The van der Waals surface area contributed by atoms with Crippen molar-refractivity contribution in [3.05, 3.63) is 66.7 Å². The van der Waals surface area contributed by atoms with Crippen molar-refractivity contribution in [2.75, 3.05) is 0 Å². The summed E-state index contributed by atoms with van der Waals surface area (Å²) in [5.74, 6) is 0. The minimum absolute atomic E-state index is 0.703. The summed E-state index contributed by atoms with van der Waals surface area (Å²) in [6.45, 7) is 7.39. The van der Waals surface area contributed by atoms with Crippen molar-refractivity contribution in [3.63, 3.8) is 0 Å². The molecule has 1 aliphatic rings. The van der Waals surface area contributed by atoms with Crippen molar-refractivity contribution in [3.8, 4) is 22.3 Å². The molecule has 32 heavy (non-hydrogen) atoms. The Morgan fingerprint density at radius 3 is 2.12 bits per heavy atom. The van der Waals surface area contributed by atoms with Crippen LogP contribution in [0.4, 0.5) is 0 Å². The first kappa shape index (κ1) is 20.0. The van der Waals surface area contributed by atoms with Crippen LogP contribution in [-0.4, -0.2) is 23.8 Å². The van der Waals surface area contributed by atoms with E-state index >= 15 is 0 Å². The highest BCUT2D eigenvalue weighted by Crippen LogP contribution is 2.51. The normalized spacial score (nSPS) is 13.3. The van der Waals surface area contributed by atoms with Gasteiger partial charge in [0.2, 0.25) is 0 Å². The molecule has 0 fully saturated rings. The van der Waals surface area contributed by atoms with Gasteiger partial charge in [0.05, 0.1) is 11.2 Å². The lowest BCUT2D eigenvalue weighted by atomic mass is 9.82. The van der Waals surface area contributed by atoms with Gasteiger partial charge in [-0.2, -0.15) is 0 Å². The van der Waals surface area contributed by atoms with Crippen LogP contribution < -0.4 is 5.46 Å². The predicted octanol–water partition coefficient (Wildman–Crippen LogP) is 6.67. The van der Waals surface area contributed by atoms with Crippen LogP contribution in [0.25, 0.3) is 53.2 Å². The molecule has 0 unspecified atom stereocenters. The van der Waals surface area contributed by atoms with Crippen LogP contribution >= 0.6 is 11.3 Å². The summed E-state index contributed by atoms with van der Waals surface area (Å²) in [6.07, 6.45) is 0. The minimum atomic E-state index is -0.955. The molecule has 1 N–H and O–H groups in total. The van der Waals surface area contributed by atoms with E-state index in [4.69, 9.17) is 4.65 Å². The quantitative estimate of drug-likeness (QED) is 0.314. The van der Waals surface area contributed by atoms with Crippen LogP contribution in [0.2, 0.25) is 0 Å². The Balaban J connectivity index is 1.57. The largest absolute Gasteiger partial charge is 0.427 e. The highest BCUT2D eigenvalue weighted by atomic mass is 32.1. The molecule has 4 heteroatoms. The summed E-state index contributed by atoms with van der Waals surface area (Å²) in [5.41, 5.74) is 4.68. The summed E-state index contributed by atoms with van der Waals surface area (Å²) >= 11 is 1.83. The Hall–Kier alpha value is -2.66. The van der Waals surface area contributed by atoms with E-state index < -0.39 is 11.2 Å². The maximum Gasteiger partial charge on any atom is 0.332 e. The molecule has 0 bridgehead atoms. The molecule has 0 saturated heterocycles. The van der Waals surface area contributed by atoms with E-state index in [9.17, 15) is 5.11 Å². The lowest BCUT2D eigenvalue weighted by Gasteiger charge is -2.37. The van der Waals surface area contributed by atoms with Crippen molar-refractivity contribution >= 4 is 55.2 Å². The first-order valence-electron chi connectivity index (χ1n) is 11.0. The Bertz CT molecular complexity index is 1540. The van der Waals surface area contributed by atoms with Crippen LogP contribution in [0.3, 0.4) is 0 Å². The molecule has 0 amide bonds. The number of hydrogen-bond acceptors (Lipinski definition) is 3. The number of benzene rings is 4. The molecule has 157 valence electrons. The van der Waals surface area contributed by atoms with Crippen LogP contribution in [-0.2, 0) is 4.65 Å². The molecular formula is C28H24BO2S. The zero-order chi connectivity index (χ0) is 22.3. The highest BCUT2D eigenvalue weighted by Gasteiger charge is 2.36. The highest BCUT2D eigenvalue weighted by molar-refractivity contribution is 7.27. The van der Waals surface area contributed by atoms with E-state index in [1.54, 1.807) is 13.8 Å². The van der Waals surface area contributed by atoms with Gasteiger partial charge in [0.15, 0.2) is 0 Å². The summed E-state index contributed by atoms with van der Waals surface area (Å²) in [6, 6.07) is 24.1. The summed E-state index contributed by atoms with van der Waals surface area (Å²) in [4.78, 5) is 0. The summed E-state index contributed by atoms with van der Waals surface area (Å²) in [5, 5.41) is 15.7. The molecule has 0 spiro atoms. The van der Waals surface area contributed by atoms with Crippen LogP contribution in [0.1, 0.15) is 27.7 Å². The van der Waals surface area contributed by atoms with Gasteiger partial charge in [-0.25, -0.2) is 0 Å². The second-order valence-electron chi connectivity index (χ2n) is 9.71. The lowest BCUT2D eigenvalue weighted by Crippen LogP contribution is -2.49. The smallest absolute Gasteiger partial charge is 0.332 e. The van der Waals surface area contributed by atoms with Crippen molar-refractivity contribution in [2.45, 2.75) is 38.9 Å². The van der Waals surface area contributed by atoms with Crippen molar-refractivity contribution < 1.29 is 9.76 Å². The third kappa shape index (κ3) is 2.73. The monoisotopic (exact) mass is 435 g/mol. The van der Waals surface area contributed by atoms with Gasteiger partial charge in [0.25, 0.3) is 0 Å². The first-order valence-corrected chi connectivity index (χ1v) is 11.8. The van der Waals surface area contributed by atoms with Gasteiger partial charge >= 0.3 is 7.48 Å². The molecule has 0 aliphatic heterocycles. The second kappa shape index (κ2) is 6.68. The van der Waals surface area contributed by atoms with Crippen LogP contribution in [0.5, 0.6) is 0 Å². The Labute approximate surface area is 192 Å². The minimum Gasteiger partial charge on any atom is -0.427 e. The molecule has 1 radical (unpaired) electrons.